The first-order valence-corrected chi connectivity index (χ1v) is 10.4. The summed E-state index contributed by atoms with van der Waals surface area (Å²) < 4.78 is 17.0. The van der Waals surface area contributed by atoms with Gasteiger partial charge in [-0.25, -0.2) is 4.79 Å². The Balaban J connectivity index is 2.48. The van der Waals surface area contributed by atoms with E-state index >= 15 is 0 Å². The van der Waals surface area contributed by atoms with E-state index in [0.717, 1.165) is 5.39 Å². The van der Waals surface area contributed by atoms with Gasteiger partial charge >= 0.3 is 5.97 Å². The number of ether oxygens (including phenoxy) is 1. The predicted molar refractivity (Wildman–Crippen MR) is 90.0 cm³/mol. The first-order chi connectivity index (χ1) is 10.2. The van der Waals surface area contributed by atoms with Crippen molar-refractivity contribution in [3.8, 4) is 5.75 Å². The third-order valence-electron chi connectivity index (χ3n) is 4.20. The fourth-order valence-electron chi connectivity index (χ4n) is 1.89. The summed E-state index contributed by atoms with van der Waals surface area (Å²) in [7, 11) is -2.02. The Morgan fingerprint density at radius 3 is 2.55 bits per heavy atom. The maximum atomic E-state index is 12.0. The van der Waals surface area contributed by atoms with Gasteiger partial charge in [-0.1, -0.05) is 20.8 Å². The molecule has 0 aliphatic rings. The molecule has 0 amide bonds. The molecule has 0 aliphatic carbocycles. The molecule has 22 heavy (non-hydrogen) atoms. The van der Waals surface area contributed by atoms with Gasteiger partial charge in [-0.2, -0.15) is 0 Å². The van der Waals surface area contributed by atoms with Crippen molar-refractivity contribution in [1.29, 1.82) is 0 Å². The molecule has 1 aromatic carbocycles. The Labute approximate surface area is 132 Å². The molecule has 0 radical (unpaired) electrons. The lowest BCUT2D eigenvalue weighted by Gasteiger charge is -2.36. The van der Waals surface area contributed by atoms with E-state index in [1.54, 1.807) is 25.3 Å². The molecule has 1 aromatic heterocycles. The van der Waals surface area contributed by atoms with E-state index < -0.39 is 8.32 Å². The number of rotatable bonds is 4. The van der Waals surface area contributed by atoms with E-state index in [1.165, 1.54) is 0 Å². The lowest BCUT2D eigenvalue weighted by molar-refractivity contribution is 0.0526. The second-order valence-corrected chi connectivity index (χ2v) is 11.6. The van der Waals surface area contributed by atoms with Crippen LogP contribution in [-0.4, -0.2) is 20.9 Å². The number of hydrogen-bond acceptors (Lipinski definition) is 4. The summed E-state index contributed by atoms with van der Waals surface area (Å²) in [5.41, 5.74) is 1.17. The van der Waals surface area contributed by atoms with Crippen molar-refractivity contribution < 1.29 is 18.4 Å². The Bertz CT molecular complexity index is 680. The molecule has 0 aliphatic heterocycles. The molecule has 4 nitrogen and oxygen atoms in total. The van der Waals surface area contributed by atoms with Crippen molar-refractivity contribution >= 4 is 25.3 Å². The van der Waals surface area contributed by atoms with Crippen LogP contribution in [0.1, 0.15) is 38.1 Å². The normalized spacial score (nSPS) is 12.5. The van der Waals surface area contributed by atoms with Crippen molar-refractivity contribution in [3.05, 3.63) is 30.0 Å². The summed E-state index contributed by atoms with van der Waals surface area (Å²) in [5.74, 6) is 0.280. The number of carbonyl (C=O) groups is 1. The van der Waals surface area contributed by atoms with Crippen LogP contribution in [0.5, 0.6) is 5.75 Å². The SMILES string of the molecule is CCOC(=O)c1cc(O[Si](C)(C)C(C)(C)C)c2occc2c1. The zero-order chi connectivity index (χ0) is 16.5. The van der Waals surface area contributed by atoms with Crippen LogP contribution in [0.4, 0.5) is 0 Å². The highest BCUT2D eigenvalue weighted by Gasteiger charge is 2.39. The van der Waals surface area contributed by atoms with E-state index in [-0.39, 0.29) is 11.0 Å². The van der Waals surface area contributed by atoms with Crippen LogP contribution < -0.4 is 4.43 Å². The first-order valence-electron chi connectivity index (χ1n) is 7.53. The number of benzene rings is 1. The largest absolute Gasteiger partial charge is 0.541 e. The summed E-state index contributed by atoms with van der Waals surface area (Å²) in [5, 5.41) is 0.908. The van der Waals surface area contributed by atoms with E-state index in [4.69, 9.17) is 13.6 Å². The van der Waals surface area contributed by atoms with Crippen molar-refractivity contribution in [2.24, 2.45) is 0 Å². The van der Waals surface area contributed by atoms with E-state index in [9.17, 15) is 4.79 Å². The minimum Gasteiger partial charge on any atom is -0.541 e. The number of esters is 1. The standard InChI is InChI=1S/C17H24O4Si/c1-7-19-16(18)13-10-12-8-9-20-15(12)14(11-13)21-22(5,6)17(2,3)4/h8-11H,7H2,1-6H3. The maximum Gasteiger partial charge on any atom is 0.338 e. The van der Waals surface area contributed by atoms with E-state index in [2.05, 4.69) is 33.9 Å². The highest BCUT2D eigenvalue weighted by Crippen LogP contribution is 2.39. The topological polar surface area (TPSA) is 48.7 Å². The van der Waals surface area contributed by atoms with Crippen LogP contribution in [0.25, 0.3) is 11.0 Å². The molecule has 0 unspecified atom stereocenters. The monoisotopic (exact) mass is 320 g/mol. The molecule has 0 saturated carbocycles. The average Bonchev–Trinajstić information content (AvgIpc) is 2.85. The quantitative estimate of drug-likeness (QED) is 0.588. The molecule has 120 valence electrons. The van der Waals surface area contributed by atoms with E-state index in [0.29, 0.717) is 23.5 Å². The van der Waals surface area contributed by atoms with Gasteiger partial charge < -0.3 is 13.6 Å². The van der Waals surface area contributed by atoms with Gasteiger partial charge in [0.05, 0.1) is 18.4 Å². The van der Waals surface area contributed by atoms with Gasteiger partial charge in [0.25, 0.3) is 8.32 Å². The zero-order valence-electron chi connectivity index (χ0n) is 14.1. The molecule has 0 N–H and O–H groups in total. The fraction of sp³-hybridized carbons (Fsp3) is 0.471. The van der Waals surface area contributed by atoms with Crippen molar-refractivity contribution in [2.45, 2.75) is 45.8 Å². The number of hydrogen-bond donors (Lipinski definition) is 0. The minimum absolute atomic E-state index is 0.0614. The predicted octanol–water partition coefficient (Wildman–Crippen LogP) is 4.99. The lowest BCUT2D eigenvalue weighted by atomic mass is 10.1. The number of furan rings is 1. The van der Waals surface area contributed by atoms with Gasteiger partial charge in [0.2, 0.25) is 0 Å². The van der Waals surface area contributed by atoms with Crippen LogP contribution in [0.2, 0.25) is 18.1 Å². The Morgan fingerprint density at radius 1 is 1.27 bits per heavy atom. The Hall–Kier alpha value is -1.75. The van der Waals surface area contributed by atoms with Gasteiger partial charge in [0, 0.05) is 5.39 Å². The molecule has 2 rings (SSSR count). The van der Waals surface area contributed by atoms with Gasteiger partial charge in [0.1, 0.15) is 5.75 Å². The minimum atomic E-state index is -2.02. The number of fused-ring (bicyclic) bond motifs is 1. The van der Waals surface area contributed by atoms with Crippen LogP contribution in [0.3, 0.4) is 0 Å². The van der Waals surface area contributed by atoms with Crippen LogP contribution >= 0.6 is 0 Å². The maximum absolute atomic E-state index is 12.0. The smallest absolute Gasteiger partial charge is 0.338 e. The molecular weight excluding hydrogens is 296 g/mol. The molecule has 2 aromatic rings. The van der Waals surface area contributed by atoms with Gasteiger partial charge in [-0.3, -0.25) is 0 Å². The van der Waals surface area contributed by atoms with Crippen LogP contribution in [0, 0.1) is 0 Å². The molecule has 0 bridgehead atoms. The third kappa shape index (κ3) is 3.19. The Morgan fingerprint density at radius 2 is 1.95 bits per heavy atom. The van der Waals surface area contributed by atoms with Gasteiger partial charge in [-0.15, -0.1) is 0 Å². The summed E-state index contributed by atoms with van der Waals surface area (Å²) in [6.07, 6.45) is 1.61. The average molecular weight is 320 g/mol. The first kappa shape index (κ1) is 16.6. The fourth-order valence-corrected chi connectivity index (χ4v) is 2.89. The lowest BCUT2D eigenvalue weighted by Crippen LogP contribution is -2.43. The highest BCUT2D eigenvalue weighted by atomic mass is 28.4. The second kappa shape index (κ2) is 5.80. The van der Waals surface area contributed by atoms with Crippen molar-refractivity contribution in [1.82, 2.24) is 0 Å². The van der Waals surface area contributed by atoms with Gasteiger partial charge in [-0.05, 0) is 43.3 Å². The van der Waals surface area contributed by atoms with Crippen LogP contribution in [0.15, 0.2) is 28.9 Å². The molecule has 0 fully saturated rings. The molecule has 0 atom stereocenters. The Kier molecular flexibility index (Phi) is 4.38. The van der Waals surface area contributed by atoms with Crippen LogP contribution in [-0.2, 0) is 4.74 Å². The number of carbonyl (C=O) groups excluding carboxylic acids is 1. The van der Waals surface area contributed by atoms with Gasteiger partial charge in [0.15, 0.2) is 5.58 Å². The summed E-state index contributed by atoms with van der Waals surface area (Å²) in [6, 6.07) is 5.33. The summed E-state index contributed by atoms with van der Waals surface area (Å²) >= 11 is 0. The molecular formula is C17H24O4Si. The highest BCUT2D eigenvalue weighted by molar-refractivity contribution is 6.74. The van der Waals surface area contributed by atoms with Crippen molar-refractivity contribution in [3.63, 3.8) is 0 Å². The van der Waals surface area contributed by atoms with E-state index in [1.807, 2.05) is 6.07 Å². The molecule has 1 heterocycles. The molecule has 0 saturated heterocycles. The summed E-state index contributed by atoms with van der Waals surface area (Å²) in [4.78, 5) is 12.0. The van der Waals surface area contributed by atoms with Crippen molar-refractivity contribution in [2.75, 3.05) is 6.61 Å². The zero-order valence-corrected chi connectivity index (χ0v) is 15.1. The molecule has 0 spiro atoms. The third-order valence-corrected chi connectivity index (χ3v) is 8.54. The summed E-state index contributed by atoms with van der Waals surface area (Å²) in [6.45, 7) is 13.0. The second-order valence-electron chi connectivity index (χ2n) is 6.90. The molecule has 5 heteroatoms.